The fourth-order valence-electron chi connectivity index (χ4n) is 2.85. The van der Waals surface area contributed by atoms with Crippen LogP contribution in [-0.2, 0) is 16.1 Å². The molecule has 0 aliphatic carbocycles. The molecule has 0 aliphatic rings. The third-order valence-electron chi connectivity index (χ3n) is 4.52. The molecule has 34 heavy (non-hydrogen) atoms. The minimum Gasteiger partial charge on any atom is -0.484 e. The van der Waals surface area contributed by atoms with Gasteiger partial charge >= 0.3 is 11.9 Å². The van der Waals surface area contributed by atoms with Crippen molar-refractivity contribution < 1.29 is 37.9 Å². The molecule has 13 heteroatoms. The number of anilines is 1. The Bertz CT molecular complexity index is 1280. The minimum absolute atomic E-state index is 0.0316. The van der Waals surface area contributed by atoms with Gasteiger partial charge in [-0.05, 0) is 30.7 Å². The first-order valence-electron chi connectivity index (χ1n) is 9.43. The Labute approximate surface area is 201 Å². The molecule has 178 valence electrons. The van der Waals surface area contributed by atoms with Gasteiger partial charge in [-0.1, -0.05) is 11.6 Å². The number of carbonyl (C=O) groups is 3. The summed E-state index contributed by atoms with van der Waals surface area (Å²) in [7, 11) is 2.38. The molecule has 0 saturated heterocycles. The highest BCUT2D eigenvalue weighted by Crippen LogP contribution is 2.35. The van der Waals surface area contributed by atoms with Crippen molar-refractivity contribution in [3.63, 3.8) is 0 Å². The summed E-state index contributed by atoms with van der Waals surface area (Å²) in [6.07, 6.45) is 0. The maximum atomic E-state index is 12.7. The lowest BCUT2D eigenvalue weighted by Gasteiger charge is -2.06. The molecule has 11 nitrogen and oxygen atoms in total. The molecular weight excluding hydrogens is 492 g/mol. The molecule has 1 N–H and O–H groups in total. The molecule has 0 aliphatic heterocycles. The standard InChI is InChI=1S/C21H17ClN2O9S/c1-10-16(20(26)30-2)19(34-17(10)21(27)31-3)23-18(25)15-7-5-12(33-15)9-32-14-6-4-11(24(28)29)8-13(14)22/h4-8H,9H2,1-3H3,(H,23,25). The van der Waals surface area contributed by atoms with Crippen LogP contribution in [0, 0.1) is 17.0 Å². The maximum Gasteiger partial charge on any atom is 0.348 e. The van der Waals surface area contributed by atoms with E-state index in [9.17, 15) is 24.5 Å². The van der Waals surface area contributed by atoms with Crippen molar-refractivity contribution in [3.8, 4) is 5.75 Å². The van der Waals surface area contributed by atoms with E-state index in [2.05, 4.69) is 5.32 Å². The van der Waals surface area contributed by atoms with E-state index >= 15 is 0 Å². The van der Waals surface area contributed by atoms with E-state index in [0.717, 1.165) is 17.4 Å². The van der Waals surface area contributed by atoms with Crippen molar-refractivity contribution in [1.29, 1.82) is 0 Å². The summed E-state index contributed by atoms with van der Waals surface area (Å²) in [5.74, 6) is -1.69. The second kappa shape index (κ2) is 10.4. The topological polar surface area (TPSA) is 147 Å². The van der Waals surface area contributed by atoms with Gasteiger partial charge in [-0.15, -0.1) is 11.3 Å². The van der Waals surface area contributed by atoms with Crippen molar-refractivity contribution in [2.24, 2.45) is 0 Å². The largest absolute Gasteiger partial charge is 0.484 e. The lowest BCUT2D eigenvalue weighted by atomic mass is 10.1. The van der Waals surface area contributed by atoms with E-state index in [-0.39, 0.29) is 50.0 Å². The molecule has 0 unspecified atom stereocenters. The molecule has 0 spiro atoms. The van der Waals surface area contributed by atoms with Gasteiger partial charge in [-0.3, -0.25) is 14.9 Å². The van der Waals surface area contributed by atoms with Gasteiger partial charge in [-0.25, -0.2) is 9.59 Å². The number of amides is 1. The van der Waals surface area contributed by atoms with Crippen molar-refractivity contribution in [2.45, 2.75) is 13.5 Å². The zero-order valence-corrected chi connectivity index (χ0v) is 19.6. The Kier molecular flexibility index (Phi) is 7.54. The Morgan fingerprint density at radius 2 is 1.85 bits per heavy atom. The molecule has 1 amide bonds. The number of nitrogens with zero attached hydrogens (tertiary/aromatic N) is 1. The van der Waals surface area contributed by atoms with Gasteiger partial charge in [-0.2, -0.15) is 0 Å². The molecule has 2 aromatic heterocycles. The number of non-ortho nitro benzene ring substituents is 1. The molecule has 2 heterocycles. The molecule has 0 saturated carbocycles. The van der Waals surface area contributed by atoms with Gasteiger partial charge in [0.15, 0.2) is 5.76 Å². The average molecular weight is 509 g/mol. The number of nitrogens with one attached hydrogen (secondary N) is 1. The Balaban J connectivity index is 1.74. The van der Waals surface area contributed by atoms with Gasteiger partial charge < -0.3 is 23.9 Å². The predicted molar refractivity (Wildman–Crippen MR) is 121 cm³/mol. The van der Waals surface area contributed by atoms with E-state index in [0.29, 0.717) is 5.56 Å². The van der Waals surface area contributed by atoms with E-state index in [1.54, 1.807) is 0 Å². The Morgan fingerprint density at radius 3 is 2.47 bits per heavy atom. The number of halogens is 1. The van der Waals surface area contributed by atoms with Crippen LogP contribution in [0.1, 0.15) is 41.9 Å². The number of nitro groups is 1. The second-order valence-corrected chi connectivity index (χ2v) is 8.05. The summed E-state index contributed by atoms with van der Waals surface area (Å²) >= 11 is 6.86. The summed E-state index contributed by atoms with van der Waals surface area (Å²) in [6, 6.07) is 6.64. The quantitative estimate of drug-likeness (QED) is 0.261. The molecular formula is C21H17ClN2O9S. The van der Waals surface area contributed by atoms with Crippen LogP contribution in [0.3, 0.4) is 0 Å². The van der Waals surface area contributed by atoms with E-state index < -0.39 is 22.8 Å². The number of hydrogen-bond acceptors (Lipinski definition) is 10. The highest BCUT2D eigenvalue weighted by atomic mass is 35.5. The van der Waals surface area contributed by atoms with E-state index in [1.807, 2.05) is 0 Å². The number of hydrogen-bond donors (Lipinski definition) is 1. The molecule has 0 bridgehead atoms. The van der Waals surface area contributed by atoms with Gasteiger partial charge in [0.1, 0.15) is 28.0 Å². The molecule has 3 rings (SSSR count). The first-order chi connectivity index (χ1) is 16.2. The highest BCUT2D eigenvalue weighted by Gasteiger charge is 2.27. The third kappa shape index (κ3) is 5.18. The SMILES string of the molecule is COC(=O)c1sc(NC(=O)c2ccc(COc3ccc([N+](=O)[O-])cc3Cl)o2)c(C(=O)OC)c1C. The first-order valence-corrected chi connectivity index (χ1v) is 10.6. The normalized spacial score (nSPS) is 10.5. The minimum atomic E-state index is -0.729. The van der Waals surface area contributed by atoms with Crippen LogP contribution >= 0.6 is 22.9 Å². The number of methoxy groups -OCH3 is 2. The smallest absolute Gasteiger partial charge is 0.348 e. The number of carbonyl (C=O) groups excluding carboxylic acids is 3. The highest BCUT2D eigenvalue weighted by molar-refractivity contribution is 7.18. The summed E-state index contributed by atoms with van der Waals surface area (Å²) in [5, 5.41) is 13.5. The number of furan rings is 1. The van der Waals surface area contributed by atoms with Crippen molar-refractivity contribution in [3.05, 3.63) is 73.0 Å². The third-order valence-corrected chi connectivity index (χ3v) is 6.00. The number of benzene rings is 1. The lowest BCUT2D eigenvalue weighted by molar-refractivity contribution is -0.384. The Morgan fingerprint density at radius 1 is 1.15 bits per heavy atom. The van der Waals surface area contributed by atoms with Gasteiger partial charge in [0.2, 0.25) is 0 Å². The number of thiophene rings is 1. The van der Waals surface area contributed by atoms with Crippen LogP contribution in [0.2, 0.25) is 5.02 Å². The molecule has 0 atom stereocenters. The fourth-order valence-corrected chi connectivity index (χ4v) is 4.19. The van der Waals surface area contributed by atoms with Crippen LogP contribution in [0.25, 0.3) is 0 Å². The first kappa shape index (κ1) is 24.7. The van der Waals surface area contributed by atoms with Crippen molar-refractivity contribution in [2.75, 3.05) is 19.5 Å². The molecule has 1 aromatic carbocycles. The molecule has 3 aromatic rings. The number of nitro benzene ring substituents is 1. The van der Waals surface area contributed by atoms with Crippen molar-refractivity contribution in [1.82, 2.24) is 0 Å². The predicted octanol–water partition coefficient (Wildman–Crippen LogP) is 4.62. The second-order valence-electron chi connectivity index (χ2n) is 6.62. The zero-order chi connectivity index (χ0) is 25.0. The van der Waals surface area contributed by atoms with Crippen molar-refractivity contribution >= 4 is 51.5 Å². The van der Waals surface area contributed by atoms with Crippen LogP contribution < -0.4 is 10.1 Å². The fraction of sp³-hybridized carbons (Fsp3) is 0.190. The summed E-state index contributed by atoms with van der Waals surface area (Å²) in [6.45, 7) is 1.43. The number of rotatable bonds is 8. The summed E-state index contributed by atoms with van der Waals surface area (Å²) in [5.41, 5.74) is 0.163. The van der Waals surface area contributed by atoms with Gasteiger partial charge in [0, 0.05) is 12.1 Å². The summed E-state index contributed by atoms with van der Waals surface area (Å²) in [4.78, 5) is 47.2. The van der Waals surface area contributed by atoms with Crippen LogP contribution in [-0.4, -0.2) is 37.0 Å². The molecule has 0 radical (unpaired) electrons. The van der Waals surface area contributed by atoms with Crippen LogP contribution in [0.4, 0.5) is 10.7 Å². The lowest BCUT2D eigenvalue weighted by Crippen LogP contribution is -2.13. The van der Waals surface area contributed by atoms with Crippen LogP contribution in [0.15, 0.2) is 34.7 Å². The van der Waals surface area contributed by atoms with E-state index in [1.165, 1.54) is 45.4 Å². The number of ether oxygens (including phenoxy) is 3. The Hall–Kier alpha value is -3.90. The van der Waals surface area contributed by atoms with Crippen LogP contribution in [0.5, 0.6) is 5.75 Å². The zero-order valence-electron chi connectivity index (χ0n) is 18.0. The van der Waals surface area contributed by atoms with E-state index in [4.69, 9.17) is 30.2 Å². The average Bonchev–Trinajstić information content (AvgIpc) is 3.41. The van der Waals surface area contributed by atoms with Gasteiger partial charge in [0.25, 0.3) is 11.6 Å². The molecule has 0 fully saturated rings. The summed E-state index contributed by atoms with van der Waals surface area (Å²) < 4.78 is 20.5. The monoisotopic (exact) mass is 508 g/mol. The maximum absolute atomic E-state index is 12.7. The van der Waals surface area contributed by atoms with Gasteiger partial charge in [0.05, 0.1) is 29.7 Å². The number of esters is 2.